The molecule has 0 fully saturated rings. The van der Waals surface area contributed by atoms with Crippen LogP contribution in [0, 0.1) is 3.95 Å². The van der Waals surface area contributed by atoms with Crippen LogP contribution in [0.2, 0.25) is 0 Å². The van der Waals surface area contributed by atoms with Gasteiger partial charge in [0, 0.05) is 18.7 Å². The van der Waals surface area contributed by atoms with E-state index in [-0.39, 0.29) is 11.8 Å². The van der Waals surface area contributed by atoms with Crippen LogP contribution in [0.4, 0.5) is 0 Å². The highest BCUT2D eigenvalue weighted by Gasteiger charge is 2.24. The van der Waals surface area contributed by atoms with Crippen molar-refractivity contribution >= 4 is 41.0 Å². The summed E-state index contributed by atoms with van der Waals surface area (Å²) in [5.41, 5.74) is 1.60. The van der Waals surface area contributed by atoms with Crippen molar-refractivity contribution in [3.63, 3.8) is 0 Å². The molecule has 29 heavy (non-hydrogen) atoms. The minimum absolute atomic E-state index is 0.0428. The normalized spacial score (nSPS) is 12.0. The molecule has 0 radical (unpaired) electrons. The standard InChI is InChI=1S/C19H14N2O2S2.C2H4O2/c22-17-15(13-8-4-5-9-14(13)20-17)16-18(23)21(19(24)25-16)11-10-12-6-2-1-3-7-12;1-2(3)4/h1-9,23H,10-11H2;1H3,(H,3,4). The van der Waals surface area contributed by atoms with E-state index in [9.17, 15) is 9.90 Å². The van der Waals surface area contributed by atoms with Crippen LogP contribution in [0.3, 0.4) is 0 Å². The number of fused-ring (bicyclic) bond motifs is 1. The number of aliphatic carboxylic acids is 1. The van der Waals surface area contributed by atoms with Crippen molar-refractivity contribution in [2.45, 2.75) is 19.9 Å². The summed E-state index contributed by atoms with van der Waals surface area (Å²) in [6.07, 6.45) is 0.753. The number of aromatic hydroxyl groups is 1. The summed E-state index contributed by atoms with van der Waals surface area (Å²) in [6, 6.07) is 17.4. The first-order valence-corrected chi connectivity index (χ1v) is 9.99. The summed E-state index contributed by atoms with van der Waals surface area (Å²) in [5.74, 6) is -1.12. The lowest BCUT2D eigenvalue weighted by molar-refractivity contribution is -0.134. The van der Waals surface area contributed by atoms with Gasteiger partial charge in [-0.3, -0.25) is 14.2 Å². The molecule has 0 atom stereocenters. The minimum atomic E-state index is -0.833. The number of thiazole rings is 1. The Labute approximate surface area is 175 Å². The molecule has 1 aliphatic rings. The Kier molecular flexibility index (Phi) is 6.36. The summed E-state index contributed by atoms with van der Waals surface area (Å²) >= 11 is 6.67. The maximum Gasteiger partial charge on any atom is 0.300 e. The molecule has 2 N–H and O–H groups in total. The first-order valence-electron chi connectivity index (χ1n) is 8.77. The zero-order chi connectivity index (χ0) is 21.0. The van der Waals surface area contributed by atoms with Crippen LogP contribution in [0.15, 0.2) is 59.6 Å². The fraction of sp³-hybridized carbons (Fsp3) is 0.143. The van der Waals surface area contributed by atoms with Crippen molar-refractivity contribution < 1.29 is 19.8 Å². The Morgan fingerprint density at radius 3 is 2.45 bits per heavy atom. The van der Waals surface area contributed by atoms with Crippen molar-refractivity contribution in [1.29, 1.82) is 0 Å². The zero-order valence-electron chi connectivity index (χ0n) is 15.5. The van der Waals surface area contributed by atoms with Crippen LogP contribution in [0.5, 0.6) is 5.88 Å². The van der Waals surface area contributed by atoms with Crippen LogP contribution < -0.4 is 10.6 Å². The van der Waals surface area contributed by atoms with Gasteiger partial charge in [-0.1, -0.05) is 48.5 Å². The van der Waals surface area contributed by atoms with E-state index in [0.717, 1.165) is 18.6 Å². The van der Waals surface area contributed by atoms with Gasteiger partial charge in [0.05, 0.1) is 10.9 Å². The largest absolute Gasteiger partial charge is 0.493 e. The zero-order valence-corrected chi connectivity index (χ0v) is 17.2. The molecule has 0 saturated carbocycles. The number of hydrogen-bond donors (Lipinski definition) is 2. The number of aryl methyl sites for hydroxylation is 1. The lowest BCUT2D eigenvalue weighted by atomic mass is 10.1. The van der Waals surface area contributed by atoms with E-state index in [1.165, 1.54) is 16.9 Å². The highest BCUT2D eigenvalue weighted by Crippen LogP contribution is 2.32. The van der Waals surface area contributed by atoms with E-state index in [2.05, 4.69) is 4.99 Å². The molecule has 0 unspecified atom stereocenters. The molecule has 6 nitrogen and oxygen atoms in total. The Bertz CT molecular complexity index is 1240. The fourth-order valence-electron chi connectivity index (χ4n) is 2.93. The molecule has 1 aliphatic heterocycles. The van der Waals surface area contributed by atoms with Gasteiger partial charge in [0.25, 0.3) is 11.9 Å². The lowest BCUT2D eigenvalue weighted by Crippen LogP contribution is -2.22. The second kappa shape index (κ2) is 8.93. The van der Waals surface area contributed by atoms with Crippen LogP contribution >= 0.6 is 23.6 Å². The first kappa shape index (κ1) is 20.6. The molecule has 2 heterocycles. The summed E-state index contributed by atoms with van der Waals surface area (Å²) in [6.45, 7) is 1.64. The number of nitrogens with zero attached hydrogens (tertiary/aromatic N) is 2. The molecule has 0 bridgehead atoms. The molecule has 0 saturated heterocycles. The number of amides is 1. The maximum absolute atomic E-state index is 12.3. The number of carboxylic acid groups (broad SMARTS) is 1. The topological polar surface area (TPSA) is 91.9 Å². The molecular formula is C21H18N2O4S2. The highest BCUT2D eigenvalue weighted by molar-refractivity contribution is 7.73. The van der Waals surface area contributed by atoms with Crippen LogP contribution in [0.25, 0.3) is 5.57 Å². The Hall–Kier alpha value is -3.10. The second-order valence-electron chi connectivity index (χ2n) is 6.24. The molecule has 4 rings (SSSR count). The Balaban J connectivity index is 0.000000552. The fourth-order valence-corrected chi connectivity index (χ4v) is 4.32. The summed E-state index contributed by atoms with van der Waals surface area (Å²) in [5, 5.41) is 19.5. The number of rotatable bonds is 4. The quantitative estimate of drug-likeness (QED) is 0.626. The summed E-state index contributed by atoms with van der Waals surface area (Å²) < 4.78 is 2.23. The van der Waals surface area contributed by atoms with Gasteiger partial charge in [-0.25, -0.2) is 4.99 Å². The Morgan fingerprint density at radius 1 is 1.14 bits per heavy atom. The smallest absolute Gasteiger partial charge is 0.300 e. The van der Waals surface area contributed by atoms with Gasteiger partial charge in [0.2, 0.25) is 5.88 Å². The third-order valence-corrected chi connectivity index (χ3v) is 5.63. The van der Waals surface area contributed by atoms with E-state index in [4.69, 9.17) is 22.1 Å². The van der Waals surface area contributed by atoms with Crippen LogP contribution in [-0.4, -0.2) is 26.7 Å². The van der Waals surface area contributed by atoms with Gasteiger partial charge in [0.15, 0.2) is 3.95 Å². The van der Waals surface area contributed by atoms with Crippen molar-refractivity contribution in [3.05, 3.63) is 79.6 Å². The first-order chi connectivity index (χ1) is 13.9. The van der Waals surface area contributed by atoms with Crippen molar-refractivity contribution in [1.82, 2.24) is 4.57 Å². The predicted molar refractivity (Wildman–Crippen MR) is 113 cm³/mol. The third-order valence-electron chi connectivity index (χ3n) is 4.17. The van der Waals surface area contributed by atoms with Crippen molar-refractivity contribution in [2.75, 3.05) is 0 Å². The monoisotopic (exact) mass is 426 g/mol. The predicted octanol–water partition coefficient (Wildman–Crippen LogP) is 2.68. The maximum atomic E-state index is 12.3. The van der Waals surface area contributed by atoms with Gasteiger partial charge < -0.3 is 10.2 Å². The van der Waals surface area contributed by atoms with Crippen molar-refractivity contribution in [3.8, 4) is 5.88 Å². The van der Waals surface area contributed by atoms with Gasteiger partial charge in [-0.05, 0) is 30.3 Å². The lowest BCUT2D eigenvalue weighted by Gasteiger charge is -2.05. The van der Waals surface area contributed by atoms with E-state index >= 15 is 0 Å². The van der Waals surface area contributed by atoms with Gasteiger partial charge in [-0.2, -0.15) is 0 Å². The average Bonchev–Trinajstić information content (AvgIpc) is 3.15. The second-order valence-corrected chi connectivity index (χ2v) is 7.88. The molecule has 148 valence electrons. The number of carbonyl (C=O) groups excluding carboxylic acids is 1. The molecule has 3 aromatic rings. The summed E-state index contributed by atoms with van der Waals surface area (Å²) in [4.78, 5) is 25.9. The number of benzene rings is 2. The van der Waals surface area contributed by atoms with E-state index < -0.39 is 5.97 Å². The van der Waals surface area contributed by atoms with Gasteiger partial charge in [-0.15, -0.1) is 11.3 Å². The number of aromatic nitrogens is 1. The van der Waals surface area contributed by atoms with E-state index in [1.807, 2.05) is 48.5 Å². The minimum Gasteiger partial charge on any atom is -0.493 e. The van der Waals surface area contributed by atoms with E-state index in [1.54, 1.807) is 10.6 Å². The summed E-state index contributed by atoms with van der Waals surface area (Å²) in [7, 11) is 0. The Morgan fingerprint density at radius 2 is 1.76 bits per heavy atom. The number of para-hydroxylation sites is 1. The van der Waals surface area contributed by atoms with Crippen LogP contribution in [0.1, 0.15) is 17.4 Å². The van der Waals surface area contributed by atoms with Gasteiger partial charge in [0.1, 0.15) is 4.88 Å². The van der Waals surface area contributed by atoms with Crippen LogP contribution in [-0.2, 0) is 22.6 Å². The molecule has 8 heteroatoms. The molecule has 0 aliphatic carbocycles. The molecule has 1 aromatic heterocycles. The molecule has 2 aromatic carbocycles. The molecule has 0 spiro atoms. The molecule has 1 amide bonds. The highest BCUT2D eigenvalue weighted by atomic mass is 32.1. The SMILES string of the molecule is CC(=O)O.O=C1N=c2ccccc2=C1c1sc(=S)n(CCc2ccccc2)c1O. The van der Waals surface area contributed by atoms with Crippen molar-refractivity contribution in [2.24, 2.45) is 4.99 Å². The average molecular weight is 427 g/mol. The number of carbonyl (C=O) groups is 2. The number of carboxylic acids is 1. The van der Waals surface area contributed by atoms with Gasteiger partial charge >= 0.3 is 0 Å². The van der Waals surface area contributed by atoms with E-state index in [0.29, 0.717) is 26.3 Å². The molecular weight excluding hydrogens is 408 g/mol. The number of hydrogen-bond acceptors (Lipinski definition) is 5. The third kappa shape index (κ3) is 4.67.